The third kappa shape index (κ3) is 4.11. The largest absolute Gasteiger partial charge is 0.490 e. The molecular weight excluding hydrogens is 436 g/mol. The van der Waals surface area contributed by atoms with Gasteiger partial charge in [-0.25, -0.2) is 4.79 Å². The Morgan fingerprint density at radius 1 is 1.13 bits per heavy atom. The molecule has 0 aliphatic carbocycles. The molecule has 6 nitrogen and oxygen atoms in total. The maximum absolute atomic E-state index is 12.7. The molecule has 2 heterocycles. The van der Waals surface area contributed by atoms with E-state index in [4.69, 9.17) is 21.1 Å². The summed E-state index contributed by atoms with van der Waals surface area (Å²) < 4.78 is 11.3. The molecule has 1 atom stereocenters. The first-order chi connectivity index (χ1) is 14.9. The Balaban J connectivity index is 1.61. The number of carbonyl (C=O) groups excluding carboxylic acids is 2. The van der Waals surface area contributed by atoms with E-state index in [1.54, 1.807) is 53.8 Å². The molecule has 2 N–H and O–H groups in total. The van der Waals surface area contributed by atoms with E-state index in [1.165, 1.54) is 0 Å². The number of thiophene rings is 1. The molecule has 0 saturated heterocycles. The van der Waals surface area contributed by atoms with Crippen molar-refractivity contribution < 1.29 is 19.1 Å². The van der Waals surface area contributed by atoms with Gasteiger partial charge in [0.25, 0.3) is 5.91 Å². The van der Waals surface area contributed by atoms with Crippen molar-refractivity contribution in [2.24, 2.45) is 0 Å². The summed E-state index contributed by atoms with van der Waals surface area (Å²) in [4.78, 5) is 26.3. The summed E-state index contributed by atoms with van der Waals surface area (Å²) >= 11 is 7.66. The predicted molar refractivity (Wildman–Crippen MR) is 122 cm³/mol. The first kappa shape index (κ1) is 21.2. The zero-order valence-corrected chi connectivity index (χ0v) is 18.8. The van der Waals surface area contributed by atoms with Gasteiger partial charge in [0, 0.05) is 4.88 Å². The number of halogens is 1. The molecule has 2 aromatic carbocycles. The first-order valence-corrected chi connectivity index (χ1v) is 11.0. The highest BCUT2D eigenvalue weighted by atomic mass is 35.5. The summed E-state index contributed by atoms with van der Waals surface area (Å²) in [5, 5.41) is 7.51. The van der Waals surface area contributed by atoms with Crippen molar-refractivity contribution in [3.8, 4) is 11.5 Å². The standard InChI is InChI=1S/C23H21ClN2O4S/c1-4-29-18-11-14(20-25-21(27)19-12(2)13(3)31-22(19)26-20)9-10-17(18)30-23(28)15-7-5-6-8-16(15)24/h5-11,20,26H,4H2,1-3H3,(H,25,27). The monoisotopic (exact) mass is 456 g/mol. The van der Waals surface area contributed by atoms with E-state index < -0.39 is 12.1 Å². The average Bonchev–Trinajstić information content (AvgIpc) is 3.03. The van der Waals surface area contributed by atoms with Crippen LogP contribution in [-0.2, 0) is 0 Å². The lowest BCUT2D eigenvalue weighted by Gasteiger charge is -2.27. The van der Waals surface area contributed by atoms with Crippen LogP contribution in [0.2, 0.25) is 5.02 Å². The minimum Gasteiger partial charge on any atom is -0.490 e. The fourth-order valence-corrected chi connectivity index (χ4v) is 4.68. The second kappa shape index (κ2) is 8.61. The van der Waals surface area contributed by atoms with E-state index in [0.29, 0.717) is 22.9 Å². The van der Waals surface area contributed by atoms with E-state index in [1.807, 2.05) is 20.8 Å². The van der Waals surface area contributed by atoms with Crippen LogP contribution >= 0.6 is 22.9 Å². The van der Waals surface area contributed by atoms with Crippen molar-refractivity contribution in [3.63, 3.8) is 0 Å². The molecule has 0 saturated carbocycles. The van der Waals surface area contributed by atoms with Gasteiger partial charge in [0.05, 0.1) is 22.8 Å². The molecule has 31 heavy (non-hydrogen) atoms. The fraction of sp³-hybridized carbons (Fsp3) is 0.217. The number of amides is 1. The minimum atomic E-state index is -0.572. The van der Waals surface area contributed by atoms with Gasteiger partial charge in [-0.2, -0.15) is 0 Å². The van der Waals surface area contributed by atoms with Crippen LogP contribution in [0.5, 0.6) is 11.5 Å². The van der Waals surface area contributed by atoms with Crippen LogP contribution in [0.1, 0.15) is 49.8 Å². The smallest absolute Gasteiger partial charge is 0.345 e. The number of nitrogens with one attached hydrogen (secondary N) is 2. The van der Waals surface area contributed by atoms with Crippen molar-refractivity contribution in [3.05, 3.63) is 74.6 Å². The number of rotatable bonds is 5. The van der Waals surface area contributed by atoms with E-state index in [-0.39, 0.29) is 17.2 Å². The van der Waals surface area contributed by atoms with Gasteiger partial charge in [-0.3, -0.25) is 4.79 Å². The maximum Gasteiger partial charge on any atom is 0.345 e. The fourth-order valence-electron chi connectivity index (χ4n) is 3.38. The molecule has 0 fully saturated rings. The zero-order valence-electron chi connectivity index (χ0n) is 17.2. The molecule has 4 rings (SSSR count). The van der Waals surface area contributed by atoms with Crippen molar-refractivity contribution in [2.45, 2.75) is 26.9 Å². The van der Waals surface area contributed by atoms with Crippen molar-refractivity contribution in [1.29, 1.82) is 0 Å². The SMILES string of the molecule is CCOc1cc(C2NC(=O)c3c(sc(C)c3C)N2)ccc1OC(=O)c1ccccc1Cl. The van der Waals surface area contributed by atoms with Crippen molar-refractivity contribution >= 4 is 39.8 Å². The molecule has 1 amide bonds. The Morgan fingerprint density at radius 2 is 1.90 bits per heavy atom. The van der Waals surface area contributed by atoms with Gasteiger partial charge in [0.1, 0.15) is 11.2 Å². The Hall–Kier alpha value is -3.03. The molecule has 160 valence electrons. The Morgan fingerprint density at radius 3 is 2.65 bits per heavy atom. The van der Waals surface area contributed by atoms with Gasteiger partial charge < -0.3 is 20.1 Å². The van der Waals surface area contributed by atoms with Gasteiger partial charge in [0.15, 0.2) is 11.5 Å². The summed E-state index contributed by atoms with van der Waals surface area (Å²) in [6, 6.07) is 11.9. The Labute approximate surface area is 189 Å². The Bertz CT molecular complexity index is 1170. The third-order valence-electron chi connectivity index (χ3n) is 5.06. The topological polar surface area (TPSA) is 76.7 Å². The summed E-state index contributed by atoms with van der Waals surface area (Å²) in [5.74, 6) is -0.00712. The quantitative estimate of drug-likeness (QED) is 0.392. The number of hydrogen-bond acceptors (Lipinski definition) is 6. The molecule has 3 aromatic rings. The van der Waals surface area contributed by atoms with E-state index in [9.17, 15) is 9.59 Å². The van der Waals surface area contributed by atoms with Gasteiger partial charge >= 0.3 is 5.97 Å². The normalized spacial score (nSPS) is 15.0. The van der Waals surface area contributed by atoms with Crippen LogP contribution < -0.4 is 20.1 Å². The lowest BCUT2D eigenvalue weighted by atomic mass is 10.1. The molecule has 1 aliphatic rings. The lowest BCUT2D eigenvalue weighted by molar-refractivity contribution is 0.0728. The van der Waals surface area contributed by atoms with Crippen molar-refractivity contribution in [2.75, 3.05) is 11.9 Å². The van der Waals surface area contributed by atoms with Crippen LogP contribution in [-0.4, -0.2) is 18.5 Å². The average molecular weight is 457 g/mol. The number of benzene rings is 2. The van der Waals surface area contributed by atoms with Gasteiger partial charge in [-0.1, -0.05) is 29.8 Å². The molecule has 1 unspecified atom stereocenters. The summed E-state index contributed by atoms with van der Waals surface area (Å²) in [7, 11) is 0. The maximum atomic E-state index is 12.7. The zero-order chi connectivity index (χ0) is 22.1. The molecular formula is C23H21ClN2O4S. The highest BCUT2D eigenvalue weighted by molar-refractivity contribution is 7.16. The third-order valence-corrected chi connectivity index (χ3v) is 6.53. The second-order valence-corrected chi connectivity index (χ2v) is 8.68. The number of carbonyl (C=O) groups is 2. The molecule has 0 radical (unpaired) electrons. The minimum absolute atomic E-state index is 0.118. The van der Waals surface area contributed by atoms with Crippen LogP contribution in [0.25, 0.3) is 0 Å². The van der Waals surface area contributed by atoms with Crippen LogP contribution in [0.4, 0.5) is 5.00 Å². The van der Waals surface area contributed by atoms with Crippen LogP contribution in [0.3, 0.4) is 0 Å². The number of esters is 1. The van der Waals surface area contributed by atoms with E-state index in [0.717, 1.165) is 21.0 Å². The Kier molecular flexibility index (Phi) is 5.89. The highest BCUT2D eigenvalue weighted by Crippen LogP contribution is 2.39. The summed E-state index contributed by atoms with van der Waals surface area (Å²) in [6.07, 6.45) is -0.426. The first-order valence-electron chi connectivity index (χ1n) is 9.80. The molecule has 1 aromatic heterocycles. The number of aryl methyl sites for hydroxylation is 1. The van der Waals surface area contributed by atoms with Gasteiger partial charge in [0.2, 0.25) is 0 Å². The second-order valence-electron chi connectivity index (χ2n) is 7.05. The predicted octanol–water partition coefficient (Wildman–Crippen LogP) is 5.49. The van der Waals surface area contributed by atoms with E-state index in [2.05, 4.69) is 10.6 Å². The number of hydrogen-bond donors (Lipinski definition) is 2. The summed E-state index contributed by atoms with van der Waals surface area (Å²) in [5.41, 5.74) is 2.73. The molecule has 8 heteroatoms. The molecule has 1 aliphatic heterocycles. The number of anilines is 1. The lowest BCUT2D eigenvalue weighted by Crippen LogP contribution is -2.38. The summed E-state index contributed by atoms with van der Waals surface area (Å²) in [6.45, 7) is 6.17. The molecule has 0 spiro atoms. The molecule has 0 bridgehead atoms. The van der Waals surface area contributed by atoms with Gasteiger partial charge in [-0.05, 0) is 56.2 Å². The van der Waals surface area contributed by atoms with Gasteiger partial charge in [-0.15, -0.1) is 11.3 Å². The number of ether oxygens (including phenoxy) is 2. The number of fused-ring (bicyclic) bond motifs is 1. The highest BCUT2D eigenvalue weighted by Gasteiger charge is 2.29. The van der Waals surface area contributed by atoms with E-state index >= 15 is 0 Å². The van der Waals surface area contributed by atoms with Crippen LogP contribution in [0, 0.1) is 13.8 Å². The van der Waals surface area contributed by atoms with Crippen LogP contribution in [0.15, 0.2) is 42.5 Å². The van der Waals surface area contributed by atoms with Crippen molar-refractivity contribution in [1.82, 2.24) is 5.32 Å².